The fraction of sp³-hybridized carbons (Fsp3) is 0.167. The molecule has 0 fully saturated rings. The first-order valence-corrected chi connectivity index (χ1v) is 2.69. The second-order valence-electron chi connectivity index (χ2n) is 1.70. The molecule has 1 aromatic heterocycles. The molecule has 3 heteroatoms. The van der Waals surface area contributed by atoms with Crippen LogP contribution in [0.4, 0.5) is 0 Å². The van der Waals surface area contributed by atoms with Crippen LogP contribution in [-0.4, -0.2) is 9.78 Å². The summed E-state index contributed by atoms with van der Waals surface area (Å²) in [4.78, 5) is 10.7. The number of nitrogens with one attached hydrogen (secondary N) is 1. The topological polar surface area (TPSA) is 37.8 Å². The van der Waals surface area contributed by atoms with E-state index >= 15 is 0 Å². The third kappa shape index (κ3) is 1.10. The van der Waals surface area contributed by atoms with E-state index < -0.39 is 0 Å². The first-order valence-electron chi connectivity index (χ1n) is 2.69. The summed E-state index contributed by atoms with van der Waals surface area (Å²) in [6, 6.07) is 1.48. The van der Waals surface area contributed by atoms with Crippen molar-refractivity contribution >= 4 is 0 Å². The fourth-order valence-corrected chi connectivity index (χ4v) is 0.624. The first-order chi connectivity index (χ1) is 4.34. The van der Waals surface area contributed by atoms with Gasteiger partial charge in [0.1, 0.15) is 0 Å². The Balaban J connectivity index is 2.93. The fourth-order valence-electron chi connectivity index (χ4n) is 0.624. The van der Waals surface area contributed by atoms with Gasteiger partial charge in [-0.1, -0.05) is 6.08 Å². The van der Waals surface area contributed by atoms with Gasteiger partial charge in [0.25, 0.3) is 5.56 Å². The average Bonchev–Trinajstić information content (AvgIpc) is 2.18. The maximum Gasteiger partial charge on any atom is 0.266 e. The van der Waals surface area contributed by atoms with Crippen molar-refractivity contribution in [2.24, 2.45) is 0 Å². The van der Waals surface area contributed by atoms with Crippen LogP contribution in [0, 0.1) is 0 Å². The molecule has 1 heterocycles. The number of H-pyrrole nitrogens is 1. The molecule has 3 nitrogen and oxygen atoms in total. The second-order valence-corrected chi connectivity index (χ2v) is 1.70. The van der Waals surface area contributed by atoms with E-state index in [1.807, 2.05) is 0 Å². The van der Waals surface area contributed by atoms with Crippen LogP contribution in [0.15, 0.2) is 29.7 Å². The molecule has 0 spiro atoms. The van der Waals surface area contributed by atoms with Crippen LogP contribution in [0.25, 0.3) is 0 Å². The Bertz CT molecular complexity index is 246. The SMILES string of the molecule is C=CCn1[nH]ccc1=O. The van der Waals surface area contributed by atoms with Crippen molar-refractivity contribution in [1.29, 1.82) is 0 Å². The highest BCUT2D eigenvalue weighted by molar-refractivity contribution is 4.82. The van der Waals surface area contributed by atoms with Crippen molar-refractivity contribution in [1.82, 2.24) is 9.78 Å². The summed E-state index contributed by atoms with van der Waals surface area (Å²) in [6.45, 7) is 4.04. The lowest BCUT2D eigenvalue weighted by molar-refractivity contribution is 0.678. The number of aromatic amines is 1. The average molecular weight is 124 g/mol. The smallest absolute Gasteiger partial charge is 0.266 e. The van der Waals surface area contributed by atoms with Gasteiger partial charge in [0.05, 0.1) is 6.54 Å². The quantitative estimate of drug-likeness (QED) is 0.568. The van der Waals surface area contributed by atoms with Crippen molar-refractivity contribution in [2.75, 3.05) is 0 Å². The molecule has 1 N–H and O–H groups in total. The predicted molar refractivity (Wildman–Crippen MR) is 35.2 cm³/mol. The third-order valence-electron chi connectivity index (χ3n) is 1.03. The Labute approximate surface area is 52.6 Å². The number of hydrogen-bond acceptors (Lipinski definition) is 1. The first kappa shape index (κ1) is 5.88. The van der Waals surface area contributed by atoms with E-state index in [1.165, 1.54) is 10.7 Å². The zero-order valence-electron chi connectivity index (χ0n) is 5.00. The Hall–Kier alpha value is -1.25. The summed E-state index contributed by atoms with van der Waals surface area (Å²) >= 11 is 0. The van der Waals surface area contributed by atoms with E-state index in [-0.39, 0.29) is 5.56 Å². The van der Waals surface area contributed by atoms with Crippen molar-refractivity contribution in [3.63, 3.8) is 0 Å². The molecule has 1 aromatic rings. The van der Waals surface area contributed by atoms with Gasteiger partial charge in [-0.2, -0.15) is 0 Å². The van der Waals surface area contributed by atoms with E-state index in [9.17, 15) is 4.79 Å². The molecular weight excluding hydrogens is 116 g/mol. The van der Waals surface area contributed by atoms with Gasteiger partial charge in [-0.05, 0) is 0 Å². The number of rotatable bonds is 2. The van der Waals surface area contributed by atoms with E-state index in [4.69, 9.17) is 0 Å². The van der Waals surface area contributed by atoms with Gasteiger partial charge in [-0.15, -0.1) is 6.58 Å². The molecule has 0 unspecified atom stereocenters. The molecular formula is C6H8N2O. The van der Waals surface area contributed by atoms with Crippen molar-refractivity contribution in [2.45, 2.75) is 6.54 Å². The van der Waals surface area contributed by atoms with Crippen LogP contribution in [0.3, 0.4) is 0 Å². The number of aromatic nitrogens is 2. The molecule has 0 aromatic carbocycles. The largest absolute Gasteiger partial charge is 0.303 e. The molecule has 0 bridgehead atoms. The lowest BCUT2D eigenvalue weighted by Gasteiger charge is -1.91. The Morgan fingerprint density at radius 1 is 1.89 bits per heavy atom. The summed E-state index contributed by atoms with van der Waals surface area (Å²) in [5, 5.41) is 2.74. The predicted octanol–water partition coefficient (Wildman–Crippen LogP) is 0.362. The summed E-state index contributed by atoms with van der Waals surface area (Å²) in [7, 11) is 0. The molecule has 0 atom stereocenters. The highest BCUT2D eigenvalue weighted by Crippen LogP contribution is 1.74. The standard InChI is InChI=1S/C6H8N2O/c1-2-5-8-6(9)3-4-7-8/h2-4,7H,1,5H2. The molecule has 48 valence electrons. The summed E-state index contributed by atoms with van der Waals surface area (Å²) in [5.74, 6) is 0. The van der Waals surface area contributed by atoms with Crippen LogP contribution in [0.2, 0.25) is 0 Å². The van der Waals surface area contributed by atoms with Gasteiger partial charge < -0.3 is 5.10 Å². The molecule has 0 saturated carbocycles. The normalized spacial score (nSPS) is 9.33. The summed E-state index contributed by atoms with van der Waals surface area (Å²) in [6.07, 6.45) is 3.27. The van der Waals surface area contributed by atoms with Gasteiger partial charge in [0.2, 0.25) is 0 Å². The number of hydrogen-bond donors (Lipinski definition) is 1. The van der Waals surface area contributed by atoms with E-state index in [0.29, 0.717) is 6.54 Å². The van der Waals surface area contributed by atoms with Crippen LogP contribution < -0.4 is 5.56 Å². The molecule has 0 amide bonds. The highest BCUT2D eigenvalue weighted by atomic mass is 16.1. The number of allylic oxidation sites excluding steroid dienone is 1. The molecule has 0 radical (unpaired) electrons. The van der Waals surface area contributed by atoms with E-state index in [1.54, 1.807) is 12.3 Å². The van der Waals surface area contributed by atoms with Gasteiger partial charge in [-0.3, -0.25) is 4.79 Å². The zero-order chi connectivity index (χ0) is 6.69. The maximum atomic E-state index is 10.7. The zero-order valence-corrected chi connectivity index (χ0v) is 5.00. The third-order valence-corrected chi connectivity index (χ3v) is 1.03. The summed E-state index contributed by atoms with van der Waals surface area (Å²) in [5.41, 5.74) is -0.0186. The Morgan fingerprint density at radius 3 is 3.11 bits per heavy atom. The van der Waals surface area contributed by atoms with Gasteiger partial charge in [-0.25, -0.2) is 4.68 Å². The molecule has 0 aliphatic carbocycles. The minimum atomic E-state index is -0.0186. The molecule has 0 aliphatic heterocycles. The van der Waals surface area contributed by atoms with Crippen LogP contribution in [0.1, 0.15) is 0 Å². The van der Waals surface area contributed by atoms with Crippen molar-refractivity contribution in [3.8, 4) is 0 Å². The Kier molecular flexibility index (Phi) is 1.53. The van der Waals surface area contributed by atoms with Gasteiger partial charge >= 0.3 is 0 Å². The minimum absolute atomic E-state index is 0.0186. The maximum absolute atomic E-state index is 10.7. The monoisotopic (exact) mass is 124 g/mol. The summed E-state index contributed by atoms with van der Waals surface area (Å²) < 4.78 is 1.47. The van der Waals surface area contributed by atoms with E-state index in [0.717, 1.165) is 0 Å². The number of nitrogens with zero attached hydrogens (tertiary/aromatic N) is 1. The van der Waals surface area contributed by atoms with Crippen LogP contribution in [0.5, 0.6) is 0 Å². The lowest BCUT2D eigenvalue weighted by Crippen LogP contribution is -2.14. The van der Waals surface area contributed by atoms with Crippen LogP contribution >= 0.6 is 0 Å². The molecule has 0 aliphatic rings. The van der Waals surface area contributed by atoms with Crippen molar-refractivity contribution in [3.05, 3.63) is 35.3 Å². The highest BCUT2D eigenvalue weighted by Gasteiger charge is 1.88. The Morgan fingerprint density at radius 2 is 2.67 bits per heavy atom. The minimum Gasteiger partial charge on any atom is -0.303 e. The van der Waals surface area contributed by atoms with Crippen molar-refractivity contribution < 1.29 is 0 Å². The molecule has 0 saturated heterocycles. The lowest BCUT2D eigenvalue weighted by atomic mass is 10.6. The second kappa shape index (κ2) is 2.35. The van der Waals surface area contributed by atoms with Crippen LogP contribution in [-0.2, 0) is 6.54 Å². The van der Waals surface area contributed by atoms with Gasteiger partial charge in [0.15, 0.2) is 0 Å². The molecule has 1 rings (SSSR count). The molecule has 9 heavy (non-hydrogen) atoms. The van der Waals surface area contributed by atoms with E-state index in [2.05, 4.69) is 11.7 Å². The van der Waals surface area contributed by atoms with Gasteiger partial charge in [0, 0.05) is 12.3 Å².